The van der Waals surface area contributed by atoms with Gasteiger partial charge in [-0.1, -0.05) is 6.92 Å². The molecule has 0 aromatic carbocycles. The van der Waals surface area contributed by atoms with Crippen LogP contribution >= 0.6 is 0 Å². The molecule has 0 bridgehead atoms. The van der Waals surface area contributed by atoms with Gasteiger partial charge in [-0.3, -0.25) is 4.98 Å². The van der Waals surface area contributed by atoms with Crippen molar-refractivity contribution in [2.75, 3.05) is 0 Å². The third-order valence-corrected chi connectivity index (χ3v) is 1.31. The molecule has 0 fully saturated rings. The van der Waals surface area contributed by atoms with E-state index in [2.05, 4.69) is 15.2 Å². The van der Waals surface area contributed by atoms with Gasteiger partial charge in [0, 0.05) is 0 Å². The number of nitrogens with one attached hydrogen (secondary N) is 2. The van der Waals surface area contributed by atoms with Gasteiger partial charge >= 0.3 is 5.69 Å². The minimum atomic E-state index is -0.307. The zero-order valence-electron chi connectivity index (χ0n) is 5.72. The number of rotatable bonds is 2. The lowest BCUT2D eigenvalue weighted by molar-refractivity contribution is 0.652. The highest BCUT2D eigenvalue weighted by Gasteiger charge is 2.05. The van der Waals surface area contributed by atoms with E-state index in [1.54, 1.807) is 0 Å². The number of hydrogen-bond donors (Lipinski definition) is 3. The summed E-state index contributed by atoms with van der Waals surface area (Å²) in [6, 6.07) is -0.168. The Hall–Kier alpha value is -1.10. The van der Waals surface area contributed by atoms with Gasteiger partial charge in [0.1, 0.15) is 5.82 Å². The fourth-order valence-electron chi connectivity index (χ4n) is 0.652. The van der Waals surface area contributed by atoms with Crippen LogP contribution in [0.5, 0.6) is 0 Å². The highest BCUT2D eigenvalue weighted by Crippen LogP contribution is 2.03. The van der Waals surface area contributed by atoms with Crippen LogP contribution in [0.15, 0.2) is 4.79 Å². The third-order valence-electron chi connectivity index (χ3n) is 1.31. The molecule has 5 nitrogen and oxygen atoms in total. The summed E-state index contributed by atoms with van der Waals surface area (Å²) in [5, 5.41) is 5.91. The molecule has 4 N–H and O–H groups in total. The number of nitrogens with zero attached hydrogens (tertiary/aromatic N) is 1. The fraction of sp³-hybridized carbons (Fsp3) is 0.600. The van der Waals surface area contributed by atoms with E-state index in [0.717, 1.165) is 6.42 Å². The Labute approximate surface area is 57.6 Å². The second-order valence-corrected chi connectivity index (χ2v) is 2.08. The molecule has 1 rings (SSSR count). The summed E-state index contributed by atoms with van der Waals surface area (Å²) in [6.45, 7) is 1.93. The minimum Gasteiger partial charge on any atom is -0.321 e. The first kappa shape index (κ1) is 7.01. The van der Waals surface area contributed by atoms with Crippen molar-refractivity contribution < 1.29 is 0 Å². The van der Waals surface area contributed by atoms with Crippen molar-refractivity contribution in [3.05, 3.63) is 16.3 Å². The molecule has 0 spiro atoms. The topological polar surface area (TPSA) is 87.6 Å². The van der Waals surface area contributed by atoms with Crippen molar-refractivity contribution in [3.8, 4) is 0 Å². The Morgan fingerprint density at radius 3 is 2.90 bits per heavy atom. The SMILES string of the molecule is CC[C@@H](N)c1n[nH]c(=O)[nH]1. The van der Waals surface area contributed by atoms with Gasteiger partial charge in [0.2, 0.25) is 0 Å². The van der Waals surface area contributed by atoms with E-state index in [1.807, 2.05) is 6.92 Å². The summed E-state index contributed by atoms with van der Waals surface area (Å²) in [5.74, 6) is 0.521. The van der Waals surface area contributed by atoms with Crippen LogP contribution < -0.4 is 11.4 Å². The van der Waals surface area contributed by atoms with Gasteiger partial charge in [-0.05, 0) is 6.42 Å². The van der Waals surface area contributed by atoms with Crippen molar-refractivity contribution in [2.45, 2.75) is 19.4 Å². The molecule has 0 saturated heterocycles. The fourth-order valence-corrected chi connectivity index (χ4v) is 0.652. The Morgan fingerprint density at radius 2 is 2.50 bits per heavy atom. The van der Waals surface area contributed by atoms with E-state index in [-0.39, 0.29) is 11.7 Å². The van der Waals surface area contributed by atoms with E-state index in [9.17, 15) is 4.79 Å². The van der Waals surface area contributed by atoms with Crippen molar-refractivity contribution in [2.24, 2.45) is 5.73 Å². The molecule has 0 aliphatic rings. The quantitative estimate of drug-likeness (QED) is 0.520. The van der Waals surface area contributed by atoms with Crippen LogP contribution in [0.1, 0.15) is 25.2 Å². The first-order valence-electron chi connectivity index (χ1n) is 3.14. The molecule has 1 aromatic rings. The molecule has 0 aliphatic carbocycles. The number of aromatic nitrogens is 3. The Morgan fingerprint density at radius 1 is 1.80 bits per heavy atom. The molecule has 1 heterocycles. The highest BCUT2D eigenvalue weighted by molar-refractivity contribution is 4.88. The number of H-pyrrole nitrogens is 2. The Balaban J connectivity index is 2.84. The first-order valence-corrected chi connectivity index (χ1v) is 3.14. The molecule has 0 saturated carbocycles. The van der Waals surface area contributed by atoms with Crippen LogP contribution in [0.3, 0.4) is 0 Å². The second-order valence-electron chi connectivity index (χ2n) is 2.08. The van der Waals surface area contributed by atoms with Gasteiger partial charge in [0.25, 0.3) is 0 Å². The van der Waals surface area contributed by atoms with E-state index in [4.69, 9.17) is 5.73 Å². The van der Waals surface area contributed by atoms with Gasteiger partial charge in [0.15, 0.2) is 0 Å². The van der Waals surface area contributed by atoms with Crippen LogP contribution in [-0.2, 0) is 0 Å². The molecule has 10 heavy (non-hydrogen) atoms. The van der Waals surface area contributed by atoms with E-state index in [0.29, 0.717) is 5.82 Å². The average Bonchev–Trinajstić information content (AvgIpc) is 2.34. The van der Waals surface area contributed by atoms with Gasteiger partial charge in [-0.15, -0.1) is 0 Å². The van der Waals surface area contributed by atoms with E-state index >= 15 is 0 Å². The second kappa shape index (κ2) is 2.66. The monoisotopic (exact) mass is 142 g/mol. The molecule has 0 amide bonds. The summed E-state index contributed by atoms with van der Waals surface area (Å²) in [7, 11) is 0. The van der Waals surface area contributed by atoms with Gasteiger partial charge < -0.3 is 5.73 Å². The van der Waals surface area contributed by atoms with Crippen molar-refractivity contribution in [3.63, 3.8) is 0 Å². The van der Waals surface area contributed by atoms with Crippen molar-refractivity contribution >= 4 is 0 Å². The van der Waals surface area contributed by atoms with Gasteiger partial charge in [0.05, 0.1) is 6.04 Å². The predicted octanol–water partition coefficient (Wildman–Crippen LogP) is -0.492. The maximum absolute atomic E-state index is 10.5. The van der Waals surface area contributed by atoms with Crippen LogP contribution in [-0.4, -0.2) is 15.2 Å². The zero-order valence-corrected chi connectivity index (χ0v) is 5.72. The summed E-state index contributed by atoms with van der Waals surface area (Å²) in [4.78, 5) is 13.0. The van der Waals surface area contributed by atoms with Crippen LogP contribution in [0, 0.1) is 0 Å². The number of hydrogen-bond acceptors (Lipinski definition) is 3. The summed E-state index contributed by atoms with van der Waals surface area (Å²) in [6.07, 6.45) is 0.765. The third kappa shape index (κ3) is 1.24. The van der Waals surface area contributed by atoms with Crippen LogP contribution in [0.4, 0.5) is 0 Å². The molecular formula is C5H10N4O. The van der Waals surface area contributed by atoms with E-state index < -0.39 is 0 Å². The molecule has 5 heteroatoms. The summed E-state index contributed by atoms with van der Waals surface area (Å²) < 4.78 is 0. The van der Waals surface area contributed by atoms with Crippen molar-refractivity contribution in [1.29, 1.82) is 0 Å². The molecular weight excluding hydrogens is 132 g/mol. The average molecular weight is 142 g/mol. The smallest absolute Gasteiger partial charge is 0.321 e. The lowest BCUT2D eigenvalue weighted by Gasteiger charge is -2.00. The minimum absolute atomic E-state index is 0.168. The first-order chi connectivity index (χ1) is 4.74. The summed E-state index contributed by atoms with van der Waals surface area (Å²) in [5.41, 5.74) is 5.25. The largest absolute Gasteiger partial charge is 0.340 e. The predicted molar refractivity (Wildman–Crippen MR) is 36.4 cm³/mol. The lowest BCUT2D eigenvalue weighted by Crippen LogP contribution is -2.11. The van der Waals surface area contributed by atoms with Gasteiger partial charge in [-0.25, -0.2) is 9.89 Å². The van der Waals surface area contributed by atoms with E-state index in [1.165, 1.54) is 0 Å². The highest BCUT2D eigenvalue weighted by atomic mass is 16.1. The van der Waals surface area contributed by atoms with Crippen LogP contribution in [0.2, 0.25) is 0 Å². The maximum atomic E-state index is 10.5. The molecule has 56 valence electrons. The molecule has 1 aromatic heterocycles. The molecule has 0 radical (unpaired) electrons. The Kier molecular flexibility index (Phi) is 1.86. The molecule has 0 unspecified atom stereocenters. The van der Waals surface area contributed by atoms with Crippen LogP contribution in [0.25, 0.3) is 0 Å². The number of nitrogens with two attached hydrogens (primary N) is 1. The lowest BCUT2D eigenvalue weighted by atomic mass is 10.2. The maximum Gasteiger partial charge on any atom is 0.340 e. The standard InChI is InChI=1S/C5H10N4O/c1-2-3(6)4-7-5(10)9-8-4/h3H,2,6H2,1H3,(H2,7,8,9,10)/t3-/m1/s1. The summed E-state index contributed by atoms with van der Waals surface area (Å²) >= 11 is 0. The Bertz CT molecular complexity index is 250. The molecule has 1 atom stereocenters. The molecule has 0 aliphatic heterocycles. The normalized spacial score (nSPS) is 13.4. The van der Waals surface area contributed by atoms with Gasteiger partial charge in [-0.2, -0.15) is 5.10 Å². The zero-order chi connectivity index (χ0) is 7.56. The number of aromatic amines is 2. The van der Waals surface area contributed by atoms with Crippen molar-refractivity contribution in [1.82, 2.24) is 15.2 Å².